The summed E-state index contributed by atoms with van der Waals surface area (Å²) in [6.45, 7) is 2.86. The van der Waals surface area contributed by atoms with E-state index in [0.29, 0.717) is 0 Å². The van der Waals surface area contributed by atoms with Gasteiger partial charge in [-0.15, -0.1) is 0 Å². The van der Waals surface area contributed by atoms with Crippen molar-refractivity contribution in [2.24, 2.45) is 5.41 Å². The minimum absolute atomic E-state index is 0. The Bertz CT molecular complexity index is 239. The predicted octanol–water partition coefficient (Wildman–Crippen LogP) is -2.81. The second-order valence-corrected chi connectivity index (χ2v) is 4.26. The van der Waals surface area contributed by atoms with E-state index in [0.717, 1.165) is 0 Å². The number of carbonyl (C=O) groups is 2. The third-order valence-electron chi connectivity index (χ3n) is 2.27. The Hall–Kier alpha value is 0.0600. The second kappa shape index (κ2) is 8.20. The summed E-state index contributed by atoms with van der Waals surface area (Å²) in [6, 6.07) is 0. The summed E-state index contributed by atoms with van der Waals surface area (Å²) < 4.78 is 0. The van der Waals surface area contributed by atoms with Gasteiger partial charge in [-0.1, -0.05) is 13.8 Å². The van der Waals surface area contributed by atoms with Crippen LogP contribution in [0.15, 0.2) is 0 Å². The van der Waals surface area contributed by atoms with Gasteiger partial charge in [0.15, 0.2) is 5.78 Å². The quantitative estimate of drug-likeness (QED) is 0.418. The van der Waals surface area contributed by atoms with Crippen LogP contribution in [0, 0.1) is 5.41 Å². The average Bonchev–Trinajstić information content (AvgIpc) is 2.15. The molecule has 5 nitrogen and oxygen atoms in total. The zero-order valence-corrected chi connectivity index (χ0v) is 12.1. The predicted molar refractivity (Wildman–Crippen MR) is 53.4 cm³/mol. The van der Waals surface area contributed by atoms with Gasteiger partial charge in [0.1, 0.15) is 6.10 Å². The van der Waals surface area contributed by atoms with Crippen LogP contribution in [0.5, 0.6) is 0 Å². The van der Waals surface area contributed by atoms with Gasteiger partial charge < -0.3 is 15.3 Å². The maximum atomic E-state index is 11.4. The molecule has 1 unspecified atom stereocenters. The molecule has 0 aromatic carbocycles. The first-order chi connectivity index (χ1) is 6.81. The van der Waals surface area contributed by atoms with Crippen molar-refractivity contribution in [2.75, 3.05) is 6.61 Å². The van der Waals surface area contributed by atoms with E-state index in [1.807, 2.05) is 0 Å². The normalized spacial score (nSPS) is 12.8. The van der Waals surface area contributed by atoms with E-state index in [9.17, 15) is 14.7 Å². The first kappa shape index (κ1) is 18.4. The Labute approximate surface area is 117 Å². The Balaban J connectivity index is 0. The molecule has 0 aromatic rings. The molecule has 88 valence electrons. The van der Waals surface area contributed by atoms with Gasteiger partial charge in [0.05, 0.1) is 6.61 Å². The number of aliphatic carboxylic acids is 1. The van der Waals surface area contributed by atoms with Crippen LogP contribution in [0.3, 0.4) is 0 Å². The molecule has 1 atom stereocenters. The van der Waals surface area contributed by atoms with Crippen molar-refractivity contribution in [3.63, 3.8) is 0 Å². The number of carbonyl (C=O) groups excluding carboxylic acids is 1. The van der Waals surface area contributed by atoms with Crippen LogP contribution < -0.4 is 29.6 Å². The van der Waals surface area contributed by atoms with Gasteiger partial charge in [0.25, 0.3) is 0 Å². The minimum Gasteiger partial charge on any atom is -0.481 e. The van der Waals surface area contributed by atoms with Gasteiger partial charge in [-0.05, 0) is 6.42 Å². The van der Waals surface area contributed by atoms with Crippen LogP contribution in [-0.2, 0) is 9.59 Å². The zero-order valence-electron chi connectivity index (χ0n) is 10.1. The van der Waals surface area contributed by atoms with E-state index in [4.69, 9.17) is 10.2 Å². The Kier molecular flexibility index (Phi) is 9.44. The molecule has 0 saturated carbocycles. The fraction of sp³-hybridized carbons (Fsp3) is 0.800. The molecule has 0 heterocycles. The number of Topliss-reactive ketones (excluding diaryl/α,β-unsaturated/α-hetero) is 1. The van der Waals surface area contributed by atoms with E-state index < -0.39 is 23.3 Å². The van der Waals surface area contributed by atoms with E-state index in [2.05, 4.69) is 0 Å². The first-order valence-electron chi connectivity index (χ1n) is 4.84. The van der Waals surface area contributed by atoms with Gasteiger partial charge in [-0.25, -0.2) is 0 Å². The number of carboxylic acid groups (broad SMARTS) is 1. The van der Waals surface area contributed by atoms with Crippen LogP contribution in [-0.4, -0.2) is 39.8 Å². The molecule has 0 aliphatic heterocycles. The molecule has 3 N–H and O–H groups in total. The van der Waals surface area contributed by atoms with Crippen molar-refractivity contribution in [1.82, 2.24) is 0 Å². The van der Waals surface area contributed by atoms with Gasteiger partial charge in [-0.3, -0.25) is 9.59 Å². The number of ketones is 1. The summed E-state index contributed by atoms with van der Waals surface area (Å²) in [5.41, 5.74) is -0.875. The number of rotatable bonds is 7. The van der Waals surface area contributed by atoms with E-state index in [1.54, 1.807) is 13.8 Å². The zero-order chi connectivity index (χ0) is 12.1. The van der Waals surface area contributed by atoms with E-state index >= 15 is 0 Å². The molecule has 16 heavy (non-hydrogen) atoms. The Morgan fingerprint density at radius 1 is 1.25 bits per heavy atom. The Morgan fingerprint density at radius 2 is 1.75 bits per heavy atom. The van der Waals surface area contributed by atoms with Crippen LogP contribution in [0.25, 0.3) is 0 Å². The van der Waals surface area contributed by atoms with Crippen molar-refractivity contribution < 1.29 is 54.5 Å². The van der Waals surface area contributed by atoms with Crippen molar-refractivity contribution in [1.29, 1.82) is 0 Å². The summed E-state index contributed by atoms with van der Waals surface area (Å²) in [6.07, 6.45) is -1.09. The van der Waals surface area contributed by atoms with Crippen molar-refractivity contribution in [3.05, 3.63) is 0 Å². The molecule has 0 aromatic heterocycles. The van der Waals surface area contributed by atoms with E-state index in [-0.39, 0.29) is 55.4 Å². The summed E-state index contributed by atoms with van der Waals surface area (Å²) in [5.74, 6) is -1.38. The molecule has 0 radical (unpaired) electrons. The molecule has 0 rings (SSSR count). The van der Waals surface area contributed by atoms with Gasteiger partial charge >= 0.3 is 35.5 Å². The minimum atomic E-state index is -1.24. The van der Waals surface area contributed by atoms with E-state index in [1.165, 1.54) is 0 Å². The fourth-order valence-electron chi connectivity index (χ4n) is 1.07. The number of hydrogen-bond acceptors (Lipinski definition) is 4. The molecular formula is C10H18NaO5+. The number of aliphatic hydroxyl groups excluding tert-OH is 2. The topological polar surface area (TPSA) is 94.8 Å². The average molecular weight is 241 g/mol. The Morgan fingerprint density at radius 3 is 2.12 bits per heavy atom. The summed E-state index contributed by atoms with van der Waals surface area (Å²) in [5, 5.41) is 26.8. The molecule has 0 aliphatic rings. The van der Waals surface area contributed by atoms with Gasteiger partial charge in [0.2, 0.25) is 0 Å². The summed E-state index contributed by atoms with van der Waals surface area (Å²) in [7, 11) is 0. The maximum absolute atomic E-state index is 11.4. The fourth-order valence-corrected chi connectivity index (χ4v) is 1.07. The van der Waals surface area contributed by atoms with Crippen LogP contribution in [0.4, 0.5) is 0 Å². The first-order valence-corrected chi connectivity index (χ1v) is 4.84. The molecule has 0 bridgehead atoms. The SMILES string of the molecule is CC(C)(CO)C(O)C(=O)CCCC(=O)O.[Na+]. The van der Waals surface area contributed by atoms with Crippen molar-refractivity contribution >= 4 is 11.8 Å². The third kappa shape index (κ3) is 6.60. The number of hydrogen-bond donors (Lipinski definition) is 3. The molecule has 0 aliphatic carbocycles. The standard InChI is InChI=1S/C10H18O5.Na/c1-10(2,6-11)9(15)7(12)4-3-5-8(13)14;/h9,11,15H,3-6H2,1-2H3,(H,13,14);/q;+1. The largest absolute Gasteiger partial charge is 1.00 e. The smallest absolute Gasteiger partial charge is 0.481 e. The monoisotopic (exact) mass is 241 g/mol. The molecule has 0 fully saturated rings. The van der Waals surface area contributed by atoms with Gasteiger partial charge in [-0.2, -0.15) is 0 Å². The molecule has 6 heteroatoms. The number of carboxylic acids is 1. The molecular weight excluding hydrogens is 223 g/mol. The van der Waals surface area contributed by atoms with Crippen LogP contribution in [0.1, 0.15) is 33.1 Å². The van der Waals surface area contributed by atoms with Crippen molar-refractivity contribution in [2.45, 2.75) is 39.2 Å². The number of aliphatic hydroxyl groups is 2. The molecule has 0 spiro atoms. The summed E-state index contributed by atoms with van der Waals surface area (Å²) in [4.78, 5) is 21.6. The van der Waals surface area contributed by atoms with Crippen LogP contribution >= 0.6 is 0 Å². The maximum Gasteiger partial charge on any atom is 1.00 e. The molecule has 0 amide bonds. The van der Waals surface area contributed by atoms with Crippen molar-refractivity contribution in [3.8, 4) is 0 Å². The third-order valence-corrected chi connectivity index (χ3v) is 2.27. The second-order valence-electron chi connectivity index (χ2n) is 4.26. The van der Waals surface area contributed by atoms with Gasteiger partial charge in [0, 0.05) is 18.3 Å². The molecule has 0 saturated heterocycles. The van der Waals surface area contributed by atoms with Crippen LogP contribution in [0.2, 0.25) is 0 Å². The summed E-state index contributed by atoms with van der Waals surface area (Å²) >= 11 is 0.